The first-order valence-electron chi connectivity index (χ1n) is 15.9. The second-order valence-electron chi connectivity index (χ2n) is 13.5. The molecule has 2 aromatic carbocycles. The van der Waals surface area contributed by atoms with Gasteiger partial charge >= 0.3 is 11.9 Å². The number of amides is 1. The zero-order valence-corrected chi connectivity index (χ0v) is 28.5. The average molecular weight is 652 g/mol. The van der Waals surface area contributed by atoms with Gasteiger partial charge in [-0.1, -0.05) is 26.0 Å². The van der Waals surface area contributed by atoms with Gasteiger partial charge in [0.25, 0.3) is 5.91 Å². The summed E-state index contributed by atoms with van der Waals surface area (Å²) in [6.45, 7) is 13.8. The Morgan fingerprint density at radius 1 is 1.04 bits per heavy atom. The fraction of sp³-hybridized carbons (Fsp3) is 0.500. The third-order valence-corrected chi connectivity index (χ3v) is 7.62. The molecule has 3 aromatic rings. The van der Waals surface area contributed by atoms with Crippen molar-refractivity contribution in [3.63, 3.8) is 0 Å². The molecular formula is C36H46FN3O7. The number of hydrogen-bond acceptors (Lipinski definition) is 8. The van der Waals surface area contributed by atoms with E-state index in [1.54, 1.807) is 36.4 Å². The maximum absolute atomic E-state index is 13.9. The topological polar surface area (TPSA) is 118 Å². The van der Waals surface area contributed by atoms with E-state index in [-0.39, 0.29) is 54.5 Å². The minimum Gasteiger partial charge on any atom is -0.465 e. The lowest BCUT2D eigenvalue weighted by molar-refractivity contribution is -0.301. The number of esters is 2. The van der Waals surface area contributed by atoms with E-state index in [0.717, 1.165) is 11.3 Å². The van der Waals surface area contributed by atoms with Gasteiger partial charge in [0, 0.05) is 25.1 Å². The summed E-state index contributed by atoms with van der Waals surface area (Å²) in [5.41, 5.74) is 2.31. The number of carbonyl (C=O) groups is 3. The molecule has 10 nitrogen and oxygen atoms in total. The Kier molecular flexibility index (Phi) is 11.2. The van der Waals surface area contributed by atoms with E-state index in [4.69, 9.17) is 23.9 Å². The molecule has 11 heteroatoms. The quantitative estimate of drug-likeness (QED) is 0.232. The van der Waals surface area contributed by atoms with Crippen molar-refractivity contribution in [1.29, 1.82) is 0 Å². The smallest absolute Gasteiger partial charge is 0.337 e. The zero-order valence-electron chi connectivity index (χ0n) is 28.5. The lowest BCUT2D eigenvalue weighted by Gasteiger charge is -2.41. The number of methoxy groups -OCH3 is 1. The molecule has 0 bridgehead atoms. The SMILES string of the molecule is COC(=O)c1ccc(CNC(=O)c2nc(-c3ccc(F)cc3)n(CC[C@@H]3C[C@H](CC(=O)OC(C)(C)C)OC(C)(C)O3)c2C(C)C)cc1. The largest absolute Gasteiger partial charge is 0.465 e. The number of halogens is 1. The summed E-state index contributed by atoms with van der Waals surface area (Å²) in [6, 6.07) is 12.8. The van der Waals surface area contributed by atoms with E-state index in [1.165, 1.54) is 19.2 Å². The van der Waals surface area contributed by atoms with Crippen molar-refractivity contribution in [3.8, 4) is 11.4 Å². The molecule has 4 rings (SSSR count). The lowest BCUT2D eigenvalue weighted by atomic mass is 10.0. The molecule has 1 aliphatic heterocycles. The highest BCUT2D eigenvalue weighted by molar-refractivity contribution is 5.94. The van der Waals surface area contributed by atoms with Crippen LogP contribution in [0.1, 0.15) is 106 Å². The predicted molar refractivity (Wildman–Crippen MR) is 174 cm³/mol. The van der Waals surface area contributed by atoms with Crippen LogP contribution in [0.4, 0.5) is 4.39 Å². The first kappa shape index (κ1) is 35.8. The predicted octanol–water partition coefficient (Wildman–Crippen LogP) is 6.56. The van der Waals surface area contributed by atoms with Crippen molar-refractivity contribution in [2.24, 2.45) is 0 Å². The summed E-state index contributed by atoms with van der Waals surface area (Å²) in [5, 5.41) is 2.95. The first-order valence-corrected chi connectivity index (χ1v) is 15.9. The van der Waals surface area contributed by atoms with Crippen molar-refractivity contribution >= 4 is 17.8 Å². The van der Waals surface area contributed by atoms with Gasteiger partial charge < -0.3 is 28.8 Å². The maximum Gasteiger partial charge on any atom is 0.337 e. The van der Waals surface area contributed by atoms with Gasteiger partial charge in [-0.15, -0.1) is 0 Å². The molecule has 1 aliphatic rings. The Balaban J connectivity index is 1.58. The third kappa shape index (κ3) is 9.71. The van der Waals surface area contributed by atoms with Crippen molar-refractivity contribution in [2.45, 2.75) is 110 Å². The van der Waals surface area contributed by atoms with Crippen LogP contribution in [0.5, 0.6) is 0 Å². The Morgan fingerprint density at radius 3 is 2.28 bits per heavy atom. The molecule has 1 N–H and O–H groups in total. The molecule has 0 spiro atoms. The minimum absolute atomic E-state index is 0.0799. The molecule has 0 saturated carbocycles. The van der Waals surface area contributed by atoms with Gasteiger partial charge in [0.05, 0.1) is 37.0 Å². The standard InChI is InChI=1S/C36H46FN3O7/c1-22(2)31-30(33(42)38-21-23-9-11-25(12-10-23)34(43)44-8)39-32(24-13-15-26(37)16-14-24)40(31)18-17-27-19-28(46-36(6,7)45-27)20-29(41)47-35(3,4)5/h9-16,22,27-28H,17-21H2,1-8H3,(H,38,42)/t27-,28-/m1/s1. The number of carbonyl (C=O) groups excluding carboxylic acids is 3. The van der Waals surface area contributed by atoms with Gasteiger partial charge in [-0.3, -0.25) is 9.59 Å². The Hall–Kier alpha value is -4.09. The van der Waals surface area contributed by atoms with E-state index in [9.17, 15) is 18.8 Å². The van der Waals surface area contributed by atoms with E-state index in [2.05, 4.69) is 5.32 Å². The molecule has 2 heterocycles. The number of rotatable bonds is 11. The van der Waals surface area contributed by atoms with Crippen molar-refractivity contribution in [1.82, 2.24) is 14.9 Å². The van der Waals surface area contributed by atoms with Gasteiger partial charge in [0.15, 0.2) is 5.79 Å². The summed E-state index contributed by atoms with van der Waals surface area (Å²) >= 11 is 0. The summed E-state index contributed by atoms with van der Waals surface area (Å²) in [4.78, 5) is 42.8. The van der Waals surface area contributed by atoms with Crippen molar-refractivity contribution < 1.29 is 37.7 Å². The minimum atomic E-state index is -0.911. The number of aromatic nitrogens is 2. The number of benzene rings is 2. The van der Waals surface area contributed by atoms with Gasteiger partial charge in [-0.2, -0.15) is 0 Å². The highest BCUT2D eigenvalue weighted by Gasteiger charge is 2.37. The Labute approximate surface area is 275 Å². The highest BCUT2D eigenvalue weighted by atomic mass is 19.1. The molecule has 47 heavy (non-hydrogen) atoms. The van der Waals surface area contributed by atoms with Crippen LogP contribution in [0.25, 0.3) is 11.4 Å². The van der Waals surface area contributed by atoms with Gasteiger partial charge in [-0.25, -0.2) is 14.2 Å². The number of ether oxygens (including phenoxy) is 4. The second kappa shape index (κ2) is 14.8. The molecule has 0 aliphatic carbocycles. The molecule has 254 valence electrons. The normalized spacial score (nSPS) is 17.7. The van der Waals surface area contributed by atoms with Crippen LogP contribution < -0.4 is 5.32 Å². The van der Waals surface area contributed by atoms with E-state index < -0.39 is 17.4 Å². The lowest BCUT2D eigenvalue weighted by Crippen LogP contribution is -2.46. The molecule has 2 atom stereocenters. The zero-order chi connectivity index (χ0) is 34.5. The van der Waals surface area contributed by atoms with Gasteiger partial charge in [0.2, 0.25) is 0 Å². The highest BCUT2D eigenvalue weighted by Crippen LogP contribution is 2.33. The Morgan fingerprint density at radius 2 is 1.68 bits per heavy atom. The summed E-state index contributed by atoms with van der Waals surface area (Å²) < 4.78 is 38.5. The number of imidazole rings is 1. The van der Waals surface area contributed by atoms with Gasteiger partial charge in [0.1, 0.15) is 22.9 Å². The van der Waals surface area contributed by atoms with Crippen LogP contribution in [0.15, 0.2) is 48.5 Å². The molecule has 0 unspecified atom stereocenters. The average Bonchev–Trinajstić information content (AvgIpc) is 3.37. The van der Waals surface area contributed by atoms with Crippen molar-refractivity contribution in [3.05, 3.63) is 76.9 Å². The fourth-order valence-corrected chi connectivity index (χ4v) is 5.77. The second-order valence-corrected chi connectivity index (χ2v) is 13.5. The summed E-state index contributed by atoms with van der Waals surface area (Å²) in [7, 11) is 1.32. The Bertz CT molecular complexity index is 1560. The van der Waals surface area contributed by atoms with Crippen LogP contribution >= 0.6 is 0 Å². The fourth-order valence-electron chi connectivity index (χ4n) is 5.77. The van der Waals surface area contributed by atoms with Crippen LogP contribution in [0.3, 0.4) is 0 Å². The molecule has 0 radical (unpaired) electrons. The third-order valence-electron chi connectivity index (χ3n) is 7.62. The molecule has 1 aromatic heterocycles. The number of nitrogens with zero attached hydrogens (tertiary/aromatic N) is 2. The van der Waals surface area contributed by atoms with Crippen molar-refractivity contribution in [2.75, 3.05) is 7.11 Å². The monoisotopic (exact) mass is 651 g/mol. The maximum atomic E-state index is 13.9. The molecule has 1 saturated heterocycles. The number of nitrogens with one attached hydrogen (secondary N) is 1. The molecular weight excluding hydrogens is 605 g/mol. The molecule has 1 fully saturated rings. The van der Waals surface area contributed by atoms with Crippen LogP contribution in [-0.4, -0.2) is 58.1 Å². The summed E-state index contributed by atoms with van der Waals surface area (Å²) in [5.74, 6) is -1.94. The summed E-state index contributed by atoms with van der Waals surface area (Å²) in [6.07, 6.45) is 0.516. The van der Waals surface area contributed by atoms with E-state index in [0.29, 0.717) is 36.3 Å². The van der Waals surface area contributed by atoms with Crippen LogP contribution in [0.2, 0.25) is 0 Å². The van der Waals surface area contributed by atoms with Gasteiger partial charge in [-0.05, 0) is 88.9 Å². The number of hydrogen-bond donors (Lipinski definition) is 1. The van der Waals surface area contributed by atoms with Crippen LogP contribution in [-0.2, 0) is 36.8 Å². The first-order chi connectivity index (χ1) is 22.0. The van der Waals surface area contributed by atoms with E-state index in [1.807, 2.05) is 53.0 Å². The van der Waals surface area contributed by atoms with Crippen LogP contribution in [0, 0.1) is 5.82 Å². The molecule has 1 amide bonds. The van der Waals surface area contributed by atoms with E-state index >= 15 is 0 Å².